The van der Waals surface area contributed by atoms with E-state index in [4.69, 9.17) is 9.57 Å². The standard InChI is InChI=1S/C16H19NO3/c1-9-6-11-14-12(18)7-16(3,4)8-13(14)20-15(11)10(2)17(9)19-5/h6,15H,1-2,7-8H2,3-5H3. The summed E-state index contributed by atoms with van der Waals surface area (Å²) in [6, 6.07) is 0. The Hall–Kier alpha value is -1.81. The topological polar surface area (TPSA) is 38.8 Å². The molecule has 0 aromatic carbocycles. The van der Waals surface area contributed by atoms with E-state index in [1.165, 1.54) is 0 Å². The average Bonchev–Trinajstić information content (AvgIpc) is 2.66. The number of Topliss-reactive ketones (excluding diaryl/α,β-unsaturated/α-hetero) is 1. The van der Waals surface area contributed by atoms with Crippen LogP contribution in [0.25, 0.3) is 0 Å². The molecule has 4 nitrogen and oxygen atoms in total. The predicted octanol–water partition coefficient (Wildman–Crippen LogP) is 2.86. The van der Waals surface area contributed by atoms with Crippen LogP contribution in [0.5, 0.6) is 0 Å². The second-order valence-electron chi connectivity index (χ2n) is 6.30. The zero-order chi connectivity index (χ0) is 14.7. The number of rotatable bonds is 1. The molecule has 0 aromatic heterocycles. The van der Waals surface area contributed by atoms with E-state index >= 15 is 0 Å². The molecular weight excluding hydrogens is 254 g/mol. The predicted molar refractivity (Wildman–Crippen MR) is 75.1 cm³/mol. The van der Waals surface area contributed by atoms with Crippen LogP contribution in [0.1, 0.15) is 26.7 Å². The zero-order valence-corrected chi connectivity index (χ0v) is 12.2. The molecule has 2 aliphatic heterocycles. The highest BCUT2D eigenvalue weighted by Gasteiger charge is 2.46. The van der Waals surface area contributed by atoms with Crippen molar-refractivity contribution in [1.82, 2.24) is 5.06 Å². The molecule has 20 heavy (non-hydrogen) atoms. The van der Waals surface area contributed by atoms with Gasteiger partial charge in [-0.25, -0.2) is 5.06 Å². The average molecular weight is 273 g/mol. The fraction of sp³-hybridized carbons (Fsp3) is 0.438. The van der Waals surface area contributed by atoms with Crippen molar-refractivity contribution < 1.29 is 14.4 Å². The van der Waals surface area contributed by atoms with Gasteiger partial charge in [0.15, 0.2) is 11.9 Å². The second kappa shape index (κ2) is 4.09. The van der Waals surface area contributed by atoms with Crippen LogP contribution in [-0.2, 0) is 14.4 Å². The Morgan fingerprint density at radius 1 is 1.40 bits per heavy atom. The summed E-state index contributed by atoms with van der Waals surface area (Å²) in [5.74, 6) is 0.936. The molecule has 0 spiro atoms. The summed E-state index contributed by atoms with van der Waals surface area (Å²) in [7, 11) is 1.56. The molecule has 1 atom stereocenters. The van der Waals surface area contributed by atoms with Gasteiger partial charge in [0, 0.05) is 18.4 Å². The third kappa shape index (κ3) is 1.75. The molecule has 3 rings (SSSR count). The number of fused-ring (bicyclic) bond motifs is 2. The molecule has 4 heteroatoms. The van der Waals surface area contributed by atoms with E-state index in [0.717, 1.165) is 23.3 Å². The lowest BCUT2D eigenvalue weighted by atomic mass is 9.75. The minimum absolute atomic E-state index is 0.0523. The molecule has 1 aliphatic carbocycles. The first-order chi connectivity index (χ1) is 9.34. The van der Waals surface area contributed by atoms with Gasteiger partial charge < -0.3 is 4.74 Å². The quantitative estimate of drug-likeness (QED) is 0.736. The van der Waals surface area contributed by atoms with E-state index in [0.29, 0.717) is 17.8 Å². The van der Waals surface area contributed by atoms with E-state index in [1.54, 1.807) is 12.2 Å². The normalized spacial score (nSPS) is 28.1. The summed E-state index contributed by atoms with van der Waals surface area (Å²) in [5.41, 5.74) is 2.88. The molecule has 1 unspecified atom stereocenters. The summed E-state index contributed by atoms with van der Waals surface area (Å²) in [6.07, 6.45) is 2.85. The fourth-order valence-electron chi connectivity index (χ4n) is 3.18. The summed E-state index contributed by atoms with van der Waals surface area (Å²) >= 11 is 0. The number of carbonyl (C=O) groups is 1. The molecule has 0 amide bonds. The molecule has 2 heterocycles. The molecule has 0 saturated carbocycles. The number of ketones is 1. The zero-order valence-electron chi connectivity index (χ0n) is 12.2. The van der Waals surface area contributed by atoms with Gasteiger partial charge in [-0.1, -0.05) is 27.0 Å². The number of hydrogen-bond donors (Lipinski definition) is 0. The van der Waals surface area contributed by atoms with Crippen LogP contribution < -0.4 is 0 Å². The van der Waals surface area contributed by atoms with Crippen molar-refractivity contribution in [2.45, 2.75) is 32.8 Å². The summed E-state index contributed by atoms with van der Waals surface area (Å²) in [6.45, 7) is 12.1. The van der Waals surface area contributed by atoms with Crippen LogP contribution in [0.4, 0.5) is 0 Å². The Labute approximate surface area is 119 Å². The summed E-state index contributed by atoms with van der Waals surface area (Å²) in [4.78, 5) is 17.7. The van der Waals surface area contributed by atoms with Gasteiger partial charge in [-0.3, -0.25) is 9.63 Å². The molecule has 0 saturated heterocycles. The van der Waals surface area contributed by atoms with E-state index < -0.39 is 0 Å². The largest absolute Gasteiger partial charge is 0.483 e. The highest BCUT2D eigenvalue weighted by molar-refractivity contribution is 6.02. The Bertz CT molecular complexity index is 595. The van der Waals surface area contributed by atoms with E-state index in [2.05, 4.69) is 27.0 Å². The molecule has 0 fully saturated rings. The van der Waals surface area contributed by atoms with Crippen molar-refractivity contribution in [2.24, 2.45) is 5.41 Å². The lowest BCUT2D eigenvalue weighted by Gasteiger charge is -2.32. The number of carbonyl (C=O) groups excluding carboxylic acids is 1. The maximum atomic E-state index is 12.4. The number of ether oxygens (including phenoxy) is 1. The van der Waals surface area contributed by atoms with Crippen molar-refractivity contribution in [2.75, 3.05) is 7.11 Å². The highest BCUT2D eigenvalue weighted by Crippen LogP contribution is 2.48. The summed E-state index contributed by atoms with van der Waals surface area (Å²) < 4.78 is 6.00. The van der Waals surface area contributed by atoms with Crippen LogP contribution in [0, 0.1) is 5.41 Å². The Morgan fingerprint density at radius 3 is 2.75 bits per heavy atom. The number of hydroxylamine groups is 2. The van der Waals surface area contributed by atoms with Crippen molar-refractivity contribution in [3.05, 3.63) is 47.5 Å². The van der Waals surface area contributed by atoms with Gasteiger partial charge in [-0.15, -0.1) is 0 Å². The minimum atomic E-state index is -0.330. The van der Waals surface area contributed by atoms with Gasteiger partial charge in [0.05, 0.1) is 24.1 Å². The monoisotopic (exact) mass is 273 g/mol. The van der Waals surface area contributed by atoms with Crippen LogP contribution in [0.3, 0.4) is 0 Å². The molecule has 0 bridgehead atoms. The minimum Gasteiger partial charge on any atom is -0.483 e. The first kappa shape index (κ1) is 13.2. The fourth-order valence-corrected chi connectivity index (χ4v) is 3.18. The second-order valence-corrected chi connectivity index (χ2v) is 6.30. The van der Waals surface area contributed by atoms with Gasteiger partial charge in [-0.05, 0) is 11.5 Å². The van der Waals surface area contributed by atoms with Crippen molar-refractivity contribution in [3.8, 4) is 0 Å². The van der Waals surface area contributed by atoms with E-state index in [1.807, 2.05) is 6.08 Å². The smallest absolute Gasteiger partial charge is 0.167 e. The first-order valence-corrected chi connectivity index (χ1v) is 6.71. The number of nitrogens with zero attached hydrogens (tertiary/aromatic N) is 1. The lowest BCUT2D eigenvalue weighted by molar-refractivity contribution is -0.118. The van der Waals surface area contributed by atoms with Crippen molar-refractivity contribution in [1.29, 1.82) is 0 Å². The maximum absolute atomic E-state index is 12.4. The highest BCUT2D eigenvalue weighted by atomic mass is 16.7. The van der Waals surface area contributed by atoms with Crippen LogP contribution >= 0.6 is 0 Å². The Balaban J connectivity index is 2.04. The molecular formula is C16H19NO3. The molecule has 0 radical (unpaired) electrons. The van der Waals surface area contributed by atoms with Gasteiger partial charge in [-0.2, -0.15) is 0 Å². The van der Waals surface area contributed by atoms with E-state index in [-0.39, 0.29) is 17.3 Å². The van der Waals surface area contributed by atoms with Gasteiger partial charge in [0.2, 0.25) is 0 Å². The van der Waals surface area contributed by atoms with Crippen LogP contribution in [0.15, 0.2) is 47.5 Å². The van der Waals surface area contributed by atoms with Crippen LogP contribution in [0.2, 0.25) is 0 Å². The first-order valence-electron chi connectivity index (χ1n) is 6.71. The summed E-state index contributed by atoms with van der Waals surface area (Å²) in [5, 5.41) is 1.54. The molecule has 3 aliphatic rings. The van der Waals surface area contributed by atoms with Crippen molar-refractivity contribution >= 4 is 5.78 Å². The lowest BCUT2D eigenvalue weighted by Crippen LogP contribution is -2.32. The van der Waals surface area contributed by atoms with Gasteiger partial charge in [0.25, 0.3) is 0 Å². The molecule has 106 valence electrons. The SMILES string of the molecule is C=C1C=C2C3=C(CC(C)(C)CC3=O)OC2C(=C)N1OC. The van der Waals surface area contributed by atoms with E-state index in [9.17, 15) is 4.79 Å². The van der Waals surface area contributed by atoms with Gasteiger partial charge >= 0.3 is 0 Å². The number of hydrogen-bond acceptors (Lipinski definition) is 4. The Morgan fingerprint density at radius 2 is 2.10 bits per heavy atom. The van der Waals surface area contributed by atoms with Crippen molar-refractivity contribution in [3.63, 3.8) is 0 Å². The Kier molecular flexibility index (Phi) is 2.70. The van der Waals surface area contributed by atoms with Gasteiger partial charge in [0.1, 0.15) is 5.76 Å². The van der Waals surface area contributed by atoms with Crippen LogP contribution in [-0.4, -0.2) is 24.1 Å². The third-order valence-electron chi connectivity index (χ3n) is 4.00. The maximum Gasteiger partial charge on any atom is 0.167 e. The number of allylic oxidation sites excluding steroid dienone is 2. The third-order valence-corrected chi connectivity index (χ3v) is 4.00. The molecule has 0 aromatic rings. The molecule has 0 N–H and O–H groups in total.